The lowest BCUT2D eigenvalue weighted by atomic mass is 10.0. The van der Waals surface area contributed by atoms with Gasteiger partial charge in [-0.25, -0.2) is 0 Å². The summed E-state index contributed by atoms with van der Waals surface area (Å²) < 4.78 is 28.4. The number of aromatic hydroxyl groups is 1. The molecule has 0 amide bonds. The molecule has 0 fully saturated rings. The molecule has 1 aromatic heterocycles. The summed E-state index contributed by atoms with van der Waals surface area (Å²) in [5.74, 6) is 1.57. The van der Waals surface area contributed by atoms with E-state index in [4.69, 9.17) is 23.4 Å². The summed E-state index contributed by atoms with van der Waals surface area (Å²) in [6, 6.07) is 15.2. The van der Waals surface area contributed by atoms with Gasteiger partial charge in [-0.2, -0.15) is 0 Å². The van der Waals surface area contributed by atoms with Crippen LogP contribution in [0.1, 0.15) is 11.7 Å². The van der Waals surface area contributed by atoms with Crippen molar-refractivity contribution in [2.24, 2.45) is 0 Å². The third-order valence-electron chi connectivity index (χ3n) is 5.83. The molecule has 4 aromatic rings. The number of rotatable bonds is 5. The van der Waals surface area contributed by atoms with E-state index >= 15 is 0 Å². The Hall–Kier alpha value is -4.17. The molecular formula is C26H22O8. The molecule has 0 saturated carbocycles. The molecule has 8 nitrogen and oxygen atoms in total. The number of hydrogen-bond donors (Lipinski definition) is 2. The van der Waals surface area contributed by atoms with E-state index in [0.29, 0.717) is 33.6 Å². The average Bonchev–Trinajstić information content (AvgIpc) is 2.88. The zero-order valence-electron chi connectivity index (χ0n) is 18.5. The number of phenols is 1. The van der Waals surface area contributed by atoms with E-state index in [0.717, 1.165) is 0 Å². The van der Waals surface area contributed by atoms with Crippen molar-refractivity contribution in [1.82, 2.24) is 0 Å². The number of aliphatic hydroxyl groups is 1. The quantitative estimate of drug-likeness (QED) is 0.457. The summed E-state index contributed by atoms with van der Waals surface area (Å²) in [5.41, 5.74) is 1.76. The average molecular weight is 462 g/mol. The highest BCUT2D eigenvalue weighted by atomic mass is 16.6. The molecule has 34 heavy (non-hydrogen) atoms. The minimum Gasteiger partial charge on any atom is -0.504 e. The fraction of sp³-hybridized carbons (Fsp3) is 0.192. The van der Waals surface area contributed by atoms with Crippen molar-refractivity contribution in [2.45, 2.75) is 12.2 Å². The Morgan fingerprint density at radius 1 is 0.971 bits per heavy atom. The van der Waals surface area contributed by atoms with Gasteiger partial charge in [0, 0.05) is 5.56 Å². The van der Waals surface area contributed by atoms with Crippen molar-refractivity contribution in [3.63, 3.8) is 0 Å². The molecule has 2 heterocycles. The van der Waals surface area contributed by atoms with Crippen molar-refractivity contribution in [3.05, 3.63) is 76.6 Å². The largest absolute Gasteiger partial charge is 0.504 e. The standard InChI is InChI=1S/C26H22O8/c1-30-16-6-3-14(4-7-16)18-13-32-25-17(23(18)29)8-10-20-26(25)34-22(12-27)24(33-20)15-5-9-19(28)21(11-15)31-2/h3-11,13,22,24,27-28H,12H2,1-2H3/t22-,24-/m1/s1. The van der Waals surface area contributed by atoms with Crippen LogP contribution >= 0.6 is 0 Å². The van der Waals surface area contributed by atoms with Crippen LogP contribution in [0, 0.1) is 0 Å². The van der Waals surface area contributed by atoms with Gasteiger partial charge >= 0.3 is 0 Å². The highest BCUT2D eigenvalue weighted by Crippen LogP contribution is 2.44. The maximum Gasteiger partial charge on any atom is 0.205 e. The second-order valence-electron chi connectivity index (χ2n) is 7.79. The summed E-state index contributed by atoms with van der Waals surface area (Å²) in [4.78, 5) is 13.2. The Bertz CT molecular complexity index is 1410. The third kappa shape index (κ3) is 3.58. The number of methoxy groups -OCH3 is 2. The molecule has 0 unspecified atom stereocenters. The lowest BCUT2D eigenvalue weighted by Gasteiger charge is -2.33. The molecule has 3 aromatic carbocycles. The Kier molecular flexibility index (Phi) is 5.51. The SMILES string of the molecule is COc1ccc(-c2coc3c4c(ccc3c2=O)O[C@H](c2ccc(O)c(OC)c2)[C@@H](CO)O4)cc1. The second kappa shape index (κ2) is 8.64. The number of hydrogen-bond acceptors (Lipinski definition) is 8. The fourth-order valence-corrected chi connectivity index (χ4v) is 4.04. The van der Waals surface area contributed by atoms with Crippen molar-refractivity contribution < 1.29 is 33.6 Å². The van der Waals surface area contributed by atoms with E-state index in [1.807, 2.05) is 0 Å². The van der Waals surface area contributed by atoms with Gasteiger partial charge in [-0.1, -0.05) is 18.2 Å². The Labute approximate surface area is 194 Å². The lowest BCUT2D eigenvalue weighted by molar-refractivity contribution is -0.0118. The summed E-state index contributed by atoms with van der Waals surface area (Å²) >= 11 is 0. The van der Waals surface area contributed by atoms with Crippen molar-refractivity contribution >= 4 is 11.0 Å². The lowest BCUT2D eigenvalue weighted by Crippen LogP contribution is -2.36. The maximum absolute atomic E-state index is 13.2. The first kappa shape index (κ1) is 21.7. The topological polar surface area (TPSA) is 108 Å². The summed E-state index contributed by atoms with van der Waals surface area (Å²) in [6.45, 7) is -0.349. The molecule has 0 saturated heterocycles. The van der Waals surface area contributed by atoms with E-state index in [-0.39, 0.29) is 34.9 Å². The van der Waals surface area contributed by atoms with Crippen LogP contribution in [-0.2, 0) is 0 Å². The fourth-order valence-electron chi connectivity index (χ4n) is 4.04. The minimum atomic E-state index is -0.779. The monoisotopic (exact) mass is 462 g/mol. The van der Waals surface area contributed by atoms with E-state index in [9.17, 15) is 15.0 Å². The van der Waals surface area contributed by atoms with E-state index in [1.165, 1.54) is 19.4 Å². The van der Waals surface area contributed by atoms with Crippen LogP contribution in [0.25, 0.3) is 22.1 Å². The first-order valence-corrected chi connectivity index (χ1v) is 10.6. The van der Waals surface area contributed by atoms with Crippen molar-refractivity contribution in [3.8, 4) is 39.9 Å². The molecule has 2 N–H and O–H groups in total. The van der Waals surface area contributed by atoms with Gasteiger partial charge in [-0.15, -0.1) is 0 Å². The van der Waals surface area contributed by atoms with Crippen LogP contribution in [0.2, 0.25) is 0 Å². The van der Waals surface area contributed by atoms with E-state index < -0.39 is 12.2 Å². The molecule has 0 radical (unpaired) electrons. The molecule has 174 valence electrons. The van der Waals surface area contributed by atoms with Gasteiger partial charge in [0.05, 0.1) is 31.8 Å². The van der Waals surface area contributed by atoms with Crippen LogP contribution < -0.4 is 24.4 Å². The summed E-state index contributed by atoms with van der Waals surface area (Å²) in [7, 11) is 3.03. The number of benzene rings is 3. The molecule has 0 bridgehead atoms. The number of aliphatic hydroxyl groups excluding tert-OH is 1. The predicted molar refractivity (Wildman–Crippen MR) is 124 cm³/mol. The molecule has 2 atom stereocenters. The zero-order chi connectivity index (χ0) is 23.8. The van der Waals surface area contributed by atoms with Crippen LogP contribution in [0.5, 0.6) is 28.7 Å². The number of phenolic OH excluding ortho intramolecular Hbond substituents is 1. The molecule has 1 aliphatic rings. The van der Waals surface area contributed by atoms with E-state index in [2.05, 4.69) is 0 Å². The molecule has 5 rings (SSSR count). The van der Waals surface area contributed by atoms with Gasteiger partial charge in [0.2, 0.25) is 11.2 Å². The Morgan fingerprint density at radius 2 is 1.76 bits per heavy atom. The van der Waals surface area contributed by atoms with Gasteiger partial charge in [0.1, 0.15) is 12.0 Å². The first-order chi connectivity index (χ1) is 16.5. The maximum atomic E-state index is 13.2. The van der Waals surface area contributed by atoms with Gasteiger partial charge in [0.15, 0.2) is 35.0 Å². The highest BCUT2D eigenvalue weighted by Gasteiger charge is 2.35. The van der Waals surface area contributed by atoms with Gasteiger partial charge in [-0.05, 0) is 42.0 Å². The second-order valence-corrected chi connectivity index (χ2v) is 7.79. The third-order valence-corrected chi connectivity index (χ3v) is 5.83. The number of fused-ring (bicyclic) bond motifs is 3. The summed E-state index contributed by atoms with van der Waals surface area (Å²) in [6.07, 6.45) is -0.0604. The molecule has 0 spiro atoms. The van der Waals surface area contributed by atoms with Gasteiger partial charge < -0.3 is 33.6 Å². The molecule has 1 aliphatic heterocycles. The zero-order valence-corrected chi connectivity index (χ0v) is 18.5. The smallest absolute Gasteiger partial charge is 0.205 e. The van der Waals surface area contributed by atoms with Gasteiger partial charge in [0.25, 0.3) is 0 Å². The first-order valence-electron chi connectivity index (χ1n) is 10.6. The van der Waals surface area contributed by atoms with Crippen molar-refractivity contribution in [1.29, 1.82) is 0 Å². The van der Waals surface area contributed by atoms with Crippen molar-refractivity contribution in [2.75, 3.05) is 20.8 Å². The van der Waals surface area contributed by atoms with Crippen LogP contribution in [-0.4, -0.2) is 37.1 Å². The Balaban J connectivity index is 1.56. The molecular weight excluding hydrogens is 440 g/mol. The van der Waals surface area contributed by atoms with Crippen LogP contribution in [0.15, 0.2) is 70.1 Å². The highest BCUT2D eigenvalue weighted by molar-refractivity contribution is 5.88. The van der Waals surface area contributed by atoms with Crippen LogP contribution in [0.4, 0.5) is 0 Å². The summed E-state index contributed by atoms with van der Waals surface area (Å²) in [5, 5.41) is 20.2. The predicted octanol–water partition coefficient (Wildman–Crippen LogP) is 4.06. The van der Waals surface area contributed by atoms with Gasteiger partial charge in [-0.3, -0.25) is 4.79 Å². The van der Waals surface area contributed by atoms with E-state index in [1.54, 1.807) is 55.6 Å². The minimum absolute atomic E-state index is 0.00985. The Morgan fingerprint density at radius 3 is 2.47 bits per heavy atom. The molecule has 0 aliphatic carbocycles. The molecule has 8 heteroatoms. The van der Waals surface area contributed by atoms with Crippen LogP contribution in [0.3, 0.4) is 0 Å². The normalized spacial score (nSPS) is 16.9. The number of ether oxygens (including phenoxy) is 4.